The van der Waals surface area contributed by atoms with E-state index in [4.69, 9.17) is 10.00 Å². The van der Waals surface area contributed by atoms with Crippen molar-refractivity contribution in [3.8, 4) is 23.1 Å². The molecule has 2 amide bonds. The van der Waals surface area contributed by atoms with Gasteiger partial charge in [-0.1, -0.05) is 24.3 Å². The average molecular weight is 479 g/mol. The van der Waals surface area contributed by atoms with Crippen molar-refractivity contribution in [3.05, 3.63) is 78.4 Å². The Morgan fingerprint density at radius 2 is 1.72 bits per heavy atom. The minimum Gasteiger partial charge on any atom is -0.497 e. The van der Waals surface area contributed by atoms with Gasteiger partial charge in [0.2, 0.25) is 0 Å². The van der Waals surface area contributed by atoms with Gasteiger partial charge in [-0.3, -0.25) is 0 Å². The highest BCUT2D eigenvalue weighted by Gasteiger charge is 2.29. The van der Waals surface area contributed by atoms with E-state index in [2.05, 4.69) is 38.6 Å². The van der Waals surface area contributed by atoms with Gasteiger partial charge in [-0.15, -0.1) is 10.2 Å². The molecule has 1 saturated heterocycles. The van der Waals surface area contributed by atoms with Crippen LogP contribution >= 0.6 is 0 Å². The molecule has 0 bridgehead atoms. The number of methoxy groups -OCH3 is 1. The zero-order valence-corrected chi connectivity index (χ0v) is 20.2. The molecule has 1 fully saturated rings. The molecule has 0 spiro atoms. The second-order valence-corrected chi connectivity index (χ2v) is 8.75. The van der Waals surface area contributed by atoms with Crippen LogP contribution < -0.4 is 15.0 Å². The summed E-state index contributed by atoms with van der Waals surface area (Å²) in [6, 6.07) is 24.7. The summed E-state index contributed by atoms with van der Waals surface area (Å²) in [6.07, 6.45) is 0. The van der Waals surface area contributed by atoms with Crippen LogP contribution in [0.2, 0.25) is 0 Å². The first-order valence-corrected chi connectivity index (χ1v) is 11.8. The summed E-state index contributed by atoms with van der Waals surface area (Å²) in [5, 5.41) is 23.2. The predicted octanol–water partition coefficient (Wildman–Crippen LogP) is 4.92. The van der Waals surface area contributed by atoms with E-state index in [9.17, 15) is 4.79 Å². The number of nitrogens with one attached hydrogen (secondary N) is 1. The molecule has 1 aromatic heterocycles. The molecule has 1 aliphatic rings. The molecule has 5 rings (SSSR count). The molecular formula is C28H26N6O2. The molecular weight excluding hydrogens is 452 g/mol. The topological polar surface area (TPSA) is 94.4 Å². The Balaban J connectivity index is 1.35. The lowest BCUT2D eigenvalue weighted by atomic mass is 10.0. The Labute approximate surface area is 209 Å². The number of benzene rings is 3. The monoisotopic (exact) mass is 478 g/mol. The Bertz CT molecular complexity index is 1430. The number of rotatable bonds is 4. The molecule has 180 valence electrons. The maximum Gasteiger partial charge on any atom is 0.322 e. The van der Waals surface area contributed by atoms with Crippen molar-refractivity contribution in [2.75, 3.05) is 37.0 Å². The molecule has 1 atom stereocenters. The van der Waals surface area contributed by atoms with Gasteiger partial charge in [0.1, 0.15) is 11.4 Å². The van der Waals surface area contributed by atoms with E-state index in [0.717, 1.165) is 33.6 Å². The number of amides is 2. The van der Waals surface area contributed by atoms with Crippen molar-refractivity contribution in [1.29, 1.82) is 5.26 Å². The van der Waals surface area contributed by atoms with Gasteiger partial charge in [0.25, 0.3) is 0 Å². The van der Waals surface area contributed by atoms with Gasteiger partial charge in [-0.05, 0) is 55.5 Å². The van der Waals surface area contributed by atoms with Crippen LogP contribution in [0.15, 0.2) is 72.8 Å². The third-order valence-corrected chi connectivity index (χ3v) is 6.48. The standard InChI is InChI=1S/C28H26N6O2/c1-19-18-33(15-16-34(19)28(35)30-22-11-7-20(17-29)8-12-22)27-25-6-4-3-5-24(25)26(31-32-27)21-9-13-23(36-2)14-10-21/h3-14,19H,15-16,18H2,1-2H3,(H,30,35)/t19-/m0/s1. The Hall–Kier alpha value is -4.64. The van der Waals surface area contributed by atoms with Gasteiger partial charge >= 0.3 is 6.03 Å². The van der Waals surface area contributed by atoms with Crippen molar-refractivity contribution in [2.45, 2.75) is 13.0 Å². The van der Waals surface area contributed by atoms with E-state index in [1.165, 1.54) is 0 Å². The van der Waals surface area contributed by atoms with E-state index < -0.39 is 0 Å². The highest BCUT2D eigenvalue weighted by atomic mass is 16.5. The molecule has 8 heteroatoms. The van der Waals surface area contributed by atoms with Crippen molar-refractivity contribution in [2.24, 2.45) is 0 Å². The Morgan fingerprint density at radius 3 is 2.39 bits per heavy atom. The predicted molar refractivity (Wildman–Crippen MR) is 140 cm³/mol. The van der Waals surface area contributed by atoms with Crippen LogP contribution in [0, 0.1) is 11.3 Å². The first kappa shape index (κ1) is 23.1. The average Bonchev–Trinajstić information content (AvgIpc) is 2.93. The number of nitriles is 1. The number of carbonyl (C=O) groups is 1. The van der Waals surface area contributed by atoms with Gasteiger partial charge in [0.15, 0.2) is 5.82 Å². The van der Waals surface area contributed by atoms with Gasteiger partial charge in [0.05, 0.1) is 18.7 Å². The molecule has 4 aromatic rings. The van der Waals surface area contributed by atoms with Crippen molar-refractivity contribution >= 4 is 28.3 Å². The van der Waals surface area contributed by atoms with Gasteiger partial charge in [-0.25, -0.2) is 4.79 Å². The summed E-state index contributed by atoms with van der Waals surface area (Å²) in [5.74, 6) is 1.62. The van der Waals surface area contributed by atoms with Gasteiger partial charge in [-0.2, -0.15) is 5.26 Å². The molecule has 0 unspecified atom stereocenters. The molecule has 1 N–H and O–H groups in total. The van der Waals surface area contributed by atoms with E-state index in [1.807, 2.05) is 48.2 Å². The normalized spacial score (nSPS) is 15.4. The number of ether oxygens (including phenoxy) is 1. The SMILES string of the molecule is COc1ccc(-c2nnc(N3CCN(C(=O)Nc4ccc(C#N)cc4)[C@@H](C)C3)c3ccccc23)cc1. The smallest absolute Gasteiger partial charge is 0.322 e. The maximum absolute atomic E-state index is 12.9. The van der Waals surface area contributed by atoms with Crippen molar-refractivity contribution in [3.63, 3.8) is 0 Å². The minimum absolute atomic E-state index is 0.0287. The Morgan fingerprint density at radius 1 is 1.00 bits per heavy atom. The second-order valence-electron chi connectivity index (χ2n) is 8.75. The lowest BCUT2D eigenvalue weighted by molar-refractivity contribution is 0.184. The quantitative estimate of drug-likeness (QED) is 0.447. The molecule has 0 saturated carbocycles. The zero-order valence-electron chi connectivity index (χ0n) is 20.2. The number of piperazine rings is 1. The fourth-order valence-corrected chi connectivity index (χ4v) is 4.56. The Kier molecular flexibility index (Phi) is 6.37. The fraction of sp³-hybridized carbons (Fsp3) is 0.214. The highest BCUT2D eigenvalue weighted by Crippen LogP contribution is 2.33. The number of aromatic nitrogens is 2. The van der Waals surface area contributed by atoms with Gasteiger partial charge < -0.3 is 19.9 Å². The summed E-state index contributed by atoms with van der Waals surface area (Å²) in [7, 11) is 1.65. The zero-order chi connectivity index (χ0) is 25.1. The fourth-order valence-electron chi connectivity index (χ4n) is 4.56. The minimum atomic E-state index is -0.155. The number of fused-ring (bicyclic) bond motifs is 1. The number of urea groups is 1. The molecule has 1 aliphatic heterocycles. The second kappa shape index (κ2) is 9.92. The molecule has 2 heterocycles. The van der Waals surface area contributed by atoms with Crippen LogP contribution in [0.1, 0.15) is 12.5 Å². The van der Waals surface area contributed by atoms with Crippen LogP contribution in [0.3, 0.4) is 0 Å². The van der Waals surface area contributed by atoms with Crippen LogP contribution in [0.25, 0.3) is 22.0 Å². The molecule has 36 heavy (non-hydrogen) atoms. The van der Waals surface area contributed by atoms with E-state index >= 15 is 0 Å². The molecule has 3 aromatic carbocycles. The van der Waals surface area contributed by atoms with Crippen LogP contribution in [0.5, 0.6) is 5.75 Å². The van der Waals surface area contributed by atoms with E-state index in [-0.39, 0.29) is 12.1 Å². The first-order chi connectivity index (χ1) is 17.6. The number of anilines is 2. The maximum atomic E-state index is 12.9. The largest absolute Gasteiger partial charge is 0.497 e. The summed E-state index contributed by atoms with van der Waals surface area (Å²) in [4.78, 5) is 17.0. The first-order valence-electron chi connectivity index (χ1n) is 11.8. The third-order valence-electron chi connectivity index (χ3n) is 6.48. The van der Waals surface area contributed by atoms with Gasteiger partial charge in [0, 0.05) is 47.7 Å². The van der Waals surface area contributed by atoms with Crippen LogP contribution in [-0.2, 0) is 0 Å². The lowest BCUT2D eigenvalue weighted by Gasteiger charge is -2.40. The highest BCUT2D eigenvalue weighted by molar-refractivity contribution is 6.00. The van der Waals surface area contributed by atoms with E-state index in [1.54, 1.807) is 31.4 Å². The third kappa shape index (κ3) is 4.51. The summed E-state index contributed by atoms with van der Waals surface area (Å²) < 4.78 is 5.28. The summed E-state index contributed by atoms with van der Waals surface area (Å²) in [5.41, 5.74) is 3.02. The number of hydrogen-bond acceptors (Lipinski definition) is 6. The van der Waals surface area contributed by atoms with Crippen LogP contribution in [0.4, 0.5) is 16.3 Å². The number of nitrogens with zero attached hydrogens (tertiary/aromatic N) is 5. The van der Waals surface area contributed by atoms with Crippen LogP contribution in [-0.4, -0.2) is 53.9 Å². The molecule has 8 nitrogen and oxygen atoms in total. The molecule has 0 radical (unpaired) electrons. The summed E-state index contributed by atoms with van der Waals surface area (Å²) in [6.45, 7) is 3.87. The molecule has 0 aliphatic carbocycles. The number of carbonyl (C=O) groups excluding carboxylic acids is 1. The summed E-state index contributed by atoms with van der Waals surface area (Å²) >= 11 is 0. The lowest BCUT2D eigenvalue weighted by Crippen LogP contribution is -2.55. The van der Waals surface area contributed by atoms with E-state index in [0.29, 0.717) is 30.9 Å². The number of hydrogen-bond donors (Lipinski definition) is 1. The van der Waals surface area contributed by atoms with Crippen molar-refractivity contribution in [1.82, 2.24) is 15.1 Å². The van der Waals surface area contributed by atoms with Crippen molar-refractivity contribution < 1.29 is 9.53 Å².